The monoisotopic (exact) mass is 236 g/mol. The van der Waals surface area contributed by atoms with Gasteiger partial charge in [0.25, 0.3) is 0 Å². The van der Waals surface area contributed by atoms with E-state index in [0.717, 1.165) is 37.9 Å². The van der Waals surface area contributed by atoms with E-state index < -0.39 is 0 Å². The smallest absolute Gasteiger partial charge is 0.122 e. The highest BCUT2D eigenvalue weighted by Crippen LogP contribution is 2.25. The molecule has 0 saturated carbocycles. The van der Waals surface area contributed by atoms with Crippen molar-refractivity contribution in [3.63, 3.8) is 0 Å². The van der Waals surface area contributed by atoms with Crippen molar-refractivity contribution in [1.82, 2.24) is 0 Å². The molecule has 1 fully saturated rings. The summed E-state index contributed by atoms with van der Waals surface area (Å²) in [5.41, 5.74) is 0.912. The Balaban J connectivity index is 1.70. The minimum Gasteiger partial charge on any atom is -0.508 e. The van der Waals surface area contributed by atoms with Crippen LogP contribution in [0.3, 0.4) is 0 Å². The zero-order chi connectivity index (χ0) is 12.1. The molecule has 2 rings (SSSR count). The number of rotatable bonds is 5. The topological polar surface area (TPSA) is 49.7 Å². The number of hydrogen-bond donors (Lipinski definition) is 2. The van der Waals surface area contributed by atoms with Crippen LogP contribution in [0.25, 0.3) is 0 Å². The van der Waals surface area contributed by atoms with Gasteiger partial charge in [0.15, 0.2) is 0 Å². The lowest BCUT2D eigenvalue weighted by molar-refractivity contribution is 0.102. The molecule has 0 amide bonds. The van der Waals surface area contributed by atoms with Crippen LogP contribution in [0.5, 0.6) is 11.5 Å². The predicted molar refractivity (Wildman–Crippen MR) is 66.3 cm³/mol. The molecular formula is C14H20O3. The number of aromatic hydroxyl groups is 2. The SMILES string of the molecule is Oc1ccc(CCCCC2CCCO2)c(O)c1. The van der Waals surface area contributed by atoms with Crippen molar-refractivity contribution in [3.05, 3.63) is 23.8 Å². The number of phenolic OH excluding ortho intramolecular Hbond substituents is 2. The van der Waals surface area contributed by atoms with E-state index in [0.29, 0.717) is 6.10 Å². The molecule has 1 unspecified atom stereocenters. The number of phenols is 2. The van der Waals surface area contributed by atoms with Gasteiger partial charge in [0.05, 0.1) is 6.10 Å². The van der Waals surface area contributed by atoms with Crippen molar-refractivity contribution >= 4 is 0 Å². The third-order valence-electron chi connectivity index (χ3n) is 3.32. The van der Waals surface area contributed by atoms with Gasteiger partial charge in [0.2, 0.25) is 0 Å². The molecule has 94 valence electrons. The summed E-state index contributed by atoms with van der Waals surface area (Å²) in [5, 5.41) is 18.8. The first-order valence-corrected chi connectivity index (χ1v) is 6.38. The fourth-order valence-electron chi connectivity index (χ4n) is 2.32. The Hall–Kier alpha value is -1.22. The average molecular weight is 236 g/mol. The maximum Gasteiger partial charge on any atom is 0.122 e. The zero-order valence-corrected chi connectivity index (χ0v) is 10.1. The number of hydrogen-bond acceptors (Lipinski definition) is 3. The molecule has 3 heteroatoms. The lowest BCUT2D eigenvalue weighted by atomic mass is 10.0. The predicted octanol–water partition coefficient (Wildman–Crippen LogP) is 2.99. The quantitative estimate of drug-likeness (QED) is 0.773. The highest BCUT2D eigenvalue weighted by atomic mass is 16.5. The Bertz CT molecular complexity index is 356. The van der Waals surface area contributed by atoms with Gasteiger partial charge in [-0.25, -0.2) is 0 Å². The zero-order valence-electron chi connectivity index (χ0n) is 10.1. The molecule has 0 spiro atoms. The molecule has 1 saturated heterocycles. The summed E-state index contributed by atoms with van der Waals surface area (Å²) < 4.78 is 5.56. The van der Waals surface area contributed by atoms with Crippen molar-refractivity contribution in [1.29, 1.82) is 0 Å². The third kappa shape index (κ3) is 3.63. The molecule has 0 bridgehead atoms. The Kier molecular flexibility index (Phi) is 4.26. The van der Waals surface area contributed by atoms with Crippen LogP contribution >= 0.6 is 0 Å². The largest absolute Gasteiger partial charge is 0.508 e. The van der Waals surface area contributed by atoms with Crippen LogP contribution in [-0.2, 0) is 11.2 Å². The summed E-state index contributed by atoms with van der Waals surface area (Å²) >= 11 is 0. The highest BCUT2D eigenvalue weighted by Gasteiger charge is 2.14. The van der Waals surface area contributed by atoms with Crippen LogP contribution in [0.15, 0.2) is 18.2 Å². The minimum absolute atomic E-state index is 0.116. The Morgan fingerprint density at radius 2 is 2.12 bits per heavy atom. The van der Waals surface area contributed by atoms with E-state index >= 15 is 0 Å². The molecule has 1 aliphatic rings. The molecule has 1 aromatic carbocycles. The number of unbranched alkanes of at least 4 members (excludes halogenated alkanes) is 1. The van der Waals surface area contributed by atoms with E-state index in [2.05, 4.69) is 0 Å². The number of benzene rings is 1. The van der Waals surface area contributed by atoms with E-state index in [1.54, 1.807) is 12.1 Å². The van der Waals surface area contributed by atoms with Crippen LogP contribution < -0.4 is 0 Å². The Labute approximate surface area is 102 Å². The van der Waals surface area contributed by atoms with E-state index in [1.807, 2.05) is 0 Å². The van der Waals surface area contributed by atoms with Gasteiger partial charge in [-0.2, -0.15) is 0 Å². The molecule has 0 radical (unpaired) electrons. The summed E-state index contributed by atoms with van der Waals surface area (Å²) in [7, 11) is 0. The van der Waals surface area contributed by atoms with Gasteiger partial charge in [-0.3, -0.25) is 0 Å². The third-order valence-corrected chi connectivity index (χ3v) is 3.32. The summed E-state index contributed by atoms with van der Waals surface area (Å²) in [6, 6.07) is 4.81. The molecule has 2 N–H and O–H groups in total. The Morgan fingerprint density at radius 1 is 1.24 bits per heavy atom. The Morgan fingerprint density at radius 3 is 2.82 bits per heavy atom. The fraction of sp³-hybridized carbons (Fsp3) is 0.571. The lowest BCUT2D eigenvalue weighted by Crippen LogP contribution is -2.04. The first-order chi connectivity index (χ1) is 8.25. The second-order valence-electron chi connectivity index (χ2n) is 4.69. The first kappa shape index (κ1) is 12.2. The maximum absolute atomic E-state index is 9.62. The van der Waals surface area contributed by atoms with Crippen LogP contribution in [0.1, 0.15) is 37.7 Å². The summed E-state index contributed by atoms with van der Waals surface area (Å²) in [6.07, 6.45) is 7.03. The van der Waals surface area contributed by atoms with Crippen molar-refractivity contribution < 1.29 is 14.9 Å². The maximum atomic E-state index is 9.62. The summed E-state index contributed by atoms with van der Waals surface area (Å²) in [4.78, 5) is 0. The van der Waals surface area contributed by atoms with Gasteiger partial charge in [0.1, 0.15) is 11.5 Å². The van der Waals surface area contributed by atoms with Crippen LogP contribution in [-0.4, -0.2) is 22.9 Å². The lowest BCUT2D eigenvalue weighted by Gasteiger charge is -2.09. The second kappa shape index (κ2) is 5.92. The van der Waals surface area contributed by atoms with Gasteiger partial charge in [-0.15, -0.1) is 0 Å². The van der Waals surface area contributed by atoms with Gasteiger partial charge >= 0.3 is 0 Å². The molecule has 0 aromatic heterocycles. The van der Waals surface area contributed by atoms with Gasteiger partial charge < -0.3 is 14.9 Å². The van der Waals surface area contributed by atoms with Gasteiger partial charge in [0, 0.05) is 12.7 Å². The van der Waals surface area contributed by atoms with Gasteiger partial charge in [-0.05, 0) is 43.7 Å². The van der Waals surface area contributed by atoms with Crippen molar-refractivity contribution in [2.75, 3.05) is 6.61 Å². The number of ether oxygens (including phenoxy) is 1. The van der Waals surface area contributed by atoms with E-state index in [-0.39, 0.29) is 11.5 Å². The molecule has 1 aliphatic heterocycles. The summed E-state index contributed by atoms with van der Waals surface area (Å²) in [5.74, 6) is 0.313. The van der Waals surface area contributed by atoms with Crippen molar-refractivity contribution in [2.45, 2.75) is 44.6 Å². The second-order valence-corrected chi connectivity index (χ2v) is 4.69. The molecule has 1 heterocycles. The standard InChI is InChI=1S/C14H20O3/c15-12-8-7-11(14(16)10-12)4-1-2-5-13-6-3-9-17-13/h7-8,10,13,15-16H,1-6,9H2. The normalized spacial score (nSPS) is 19.6. The van der Waals surface area contributed by atoms with Crippen LogP contribution in [0.2, 0.25) is 0 Å². The number of aryl methyl sites for hydroxylation is 1. The van der Waals surface area contributed by atoms with Crippen molar-refractivity contribution in [2.24, 2.45) is 0 Å². The van der Waals surface area contributed by atoms with Gasteiger partial charge in [-0.1, -0.05) is 12.5 Å². The highest BCUT2D eigenvalue weighted by molar-refractivity contribution is 5.38. The molecule has 3 nitrogen and oxygen atoms in total. The van der Waals surface area contributed by atoms with Crippen LogP contribution in [0.4, 0.5) is 0 Å². The first-order valence-electron chi connectivity index (χ1n) is 6.38. The van der Waals surface area contributed by atoms with Crippen molar-refractivity contribution in [3.8, 4) is 11.5 Å². The molecule has 0 aliphatic carbocycles. The molecule has 1 aromatic rings. The van der Waals surface area contributed by atoms with E-state index in [1.165, 1.54) is 18.9 Å². The molecular weight excluding hydrogens is 216 g/mol. The van der Waals surface area contributed by atoms with Crippen LogP contribution in [0, 0.1) is 0 Å². The molecule has 17 heavy (non-hydrogen) atoms. The van der Waals surface area contributed by atoms with E-state index in [4.69, 9.17) is 4.74 Å². The van der Waals surface area contributed by atoms with E-state index in [9.17, 15) is 10.2 Å². The average Bonchev–Trinajstić information content (AvgIpc) is 2.79. The fourth-order valence-corrected chi connectivity index (χ4v) is 2.32. The molecule has 1 atom stereocenters. The minimum atomic E-state index is 0.116. The summed E-state index contributed by atoms with van der Waals surface area (Å²) in [6.45, 7) is 0.920.